The molecule has 0 aliphatic heterocycles. The highest BCUT2D eigenvalue weighted by Crippen LogP contribution is 2.13. The van der Waals surface area contributed by atoms with E-state index in [1.165, 1.54) is 62.9 Å². The van der Waals surface area contributed by atoms with Crippen LogP contribution in [0.25, 0.3) is 0 Å². The molecule has 2 N–H and O–H groups in total. The summed E-state index contributed by atoms with van der Waals surface area (Å²) in [6.45, 7) is 0.338. The Morgan fingerprint density at radius 2 is 1.10 bits per heavy atom. The van der Waals surface area contributed by atoms with Gasteiger partial charge in [-0.1, -0.05) is 51.4 Å². The van der Waals surface area contributed by atoms with E-state index in [9.17, 15) is 4.79 Å². The van der Waals surface area contributed by atoms with Crippen LogP contribution in [0.15, 0.2) is 0 Å². The molecule has 0 aromatic rings. The molecule has 21 heavy (non-hydrogen) atoms. The van der Waals surface area contributed by atoms with Crippen LogP contribution in [0.3, 0.4) is 0 Å². The summed E-state index contributed by atoms with van der Waals surface area (Å²) < 4.78 is 0. The predicted molar refractivity (Wildman–Crippen MR) is 92.1 cm³/mol. The van der Waals surface area contributed by atoms with Crippen molar-refractivity contribution in [2.24, 2.45) is 0 Å². The summed E-state index contributed by atoms with van der Waals surface area (Å²) >= 11 is 2.05. The van der Waals surface area contributed by atoms with Crippen LogP contribution in [0.5, 0.6) is 0 Å². The third-order valence-electron chi connectivity index (χ3n) is 3.63. The van der Waals surface area contributed by atoms with Crippen molar-refractivity contribution in [2.45, 2.75) is 83.5 Å². The predicted octanol–water partition coefficient (Wildman–Crippen LogP) is 4.87. The number of unbranched alkanes of at least 4 members (excludes halogenated alkanes) is 10. The lowest BCUT2D eigenvalue weighted by Gasteiger charge is -2.03. The Morgan fingerprint density at radius 3 is 1.57 bits per heavy atom. The summed E-state index contributed by atoms with van der Waals surface area (Å²) in [4.78, 5) is 10.3. The first-order valence-corrected chi connectivity index (χ1v) is 9.83. The second-order valence-corrected chi connectivity index (χ2v) is 6.95. The van der Waals surface area contributed by atoms with E-state index in [1.807, 2.05) is 0 Å². The molecule has 0 aromatic heterocycles. The molecule has 126 valence electrons. The number of carbonyl (C=O) groups is 1. The molecule has 0 saturated carbocycles. The first kappa shape index (κ1) is 20.8. The molecule has 0 heterocycles. The molecule has 0 radical (unpaired) electrons. The van der Waals surface area contributed by atoms with Crippen LogP contribution in [-0.4, -0.2) is 34.3 Å². The molecule has 0 aromatic carbocycles. The van der Waals surface area contributed by atoms with Crippen molar-refractivity contribution < 1.29 is 15.0 Å². The zero-order valence-electron chi connectivity index (χ0n) is 13.5. The van der Waals surface area contributed by atoms with E-state index in [4.69, 9.17) is 10.2 Å². The Kier molecular flexibility index (Phi) is 17.6. The van der Waals surface area contributed by atoms with Crippen molar-refractivity contribution in [3.05, 3.63) is 0 Å². The normalized spacial score (nSPS) is 10.9. The molecule has 0 atom stereocenters. The van der Waals surface area contributed by atoms with Gasteiger partial charge in [-0.2, -0.15) is 11.8 Å². The van der Waals surface area contributed by atoms with Crippen molar-refractivity contribution in [1.29, 1.82) is 0 Å². The van der Waals surface area contributed by atoms with Crippen molar-refractivity contribution >= 4 is 17.7 Å². The van der Waals surface area contributed by atoms with Gasteiger partial charge in [-0.05, 0) is 37.2 Å². The minimum absolute atomic E-state index is 0.331. The maximum Gasteiger partial charge on any atom is 0.303 e. The van der Waals surface area contributed by atoms with Crippen LogP contribution in [0.2, 0.25) is 0 Å². The fourth-order valence-electron chi connectivity index (χ4n) is 2.31. The Morgan fingerprint density at radius 1 is 0.667 bits per heavy atom. The molecule has 0 fully saturated rings. The third kappa shape index (κ3) is 19.8. The van der Waals surface area contributed by atoms with Gasteiger partial charge >= 0.3 is 5.97 Å². The smallest absolute Gasteiger partial charge is 0.303 e. The molecule has 0 rings (SSSR count). The van der Waals surface area contributed by atoms with E-state index in [0.717, 1.165) is 25.7 Å². The number of aliphatic hydroxyl groups excluding tert-OH is 1. The molecule has 3 nitrogen and oxygen atoms in total. The summed E-state index contributed by atoms with van der Waals surface area (Å²) in [5, 5.41) is 17.2. The van der Waals surface area contributed by atoms with Crippen molar-refractivity contribution in [3.8, 4) is 0 Å². The first-order valence-electron chi connectivity index (χ1n) is 8.67. The van der Waals surface area contributed by atoms with E-state index in [2.05, 4.69) is 11.8 Å². The molecule has 4 heteroatoms. The standard InChI is InChI=1S/C17H34O3S/c18-14-10-8-12-16-21-15-11-7-5-3-1-2-4-6-9-13-17(19)20/h18H,1-16H2,(H,19,20). The van der Waals surface area contributed by atoms with Gasteiger partial charge in [0.05, 0.1) is 0 Å². The van der Waals surface area contributed by atoms with Crippen LogP contribution < -0.4 is 0 Å². The molecule has 0 aliphatic carbocycles. The Labute approximate surface area is 134 Å². The second kappa shape index (κ2) is 17.8. The van der Waals surface area contributed by atoms with Gasteiger partial charge in [0.1, 0.15) is 0 Å². The molecule has 0 aliphatic rings. The molecule has 0 unspecified atom stereocenters. The van der Waals surface area contributed by atoms with Gasteiger partial charge in [0, 0.05) is 13.0 Å². The quantitative estimate of drug-likeness (QED) is 0.376. The lowest BCUT2D eigenvalue weighted by Crippen LogP contribution is -1.93. The highest BCUT2D eigenvalue weighted by Gasteiger charge is 1.97. The maximum atomic E-state index is 10.3. The van der Waals surface area contributed by atoms with Crippen LogP contribution >= 0.6 is 11.8 Å². The number of carboxylic acids is 1. The average molecular weight is 319 g/mol. The van der Waals surface area contributed by atoms with Gasteiger partial charge in [0.15, 0.2) is 0 Å². The summed E-state index contributed by atoms with van der Waals surface area (Å²) in [6.07, 6.45) is 14.7. The minimum atomic E-state index is -0.665. The highest BCUT2D eigenvalue weighted by molar-refractivity contribution is 7.99. The van der Waals surface area contributed by atoms with Crippen LogP contribution in [0.4, 0.5) is 0 Å². The van der Waals surface area contributed by atoms with Gasteiger partial charge < -0.3 is 10.2 Å². The average Bonchev–Trinajstić information content (AvgIpc) is 2.46. The summed E-state index contributed by atoms with van der Waals surface area (Å²) in [5.41, 5.74) is 0. The van der Waals surface area contributed by atoms with E-state index < -0.39 is 5.97 Å². The minimum Gasteiger partial charge on any atom is -0.481 e. The van der Waals surface area contributed by atoms with Crippen LogP contribution in [0, 0.1) is 0 Å². The zero-order valence-corrected chi connectivity index (χ0v) is 14.3. The van der Waals surface area contributed by atoms with Gasteiger partial charge in [0.2, 0.25) is 0 Å². The number of aliphatic hydroxyl groups is 1. The summed E-state index contributed by atoms with van der Waals surface area (Å²) in [6, 6.07) is 0. The largest absolute Gasteiger partial charge is 0.481 e. The molecule has 0 bridgehead atoms. The van der Waals surface area contributed by atoms with Crippen molar-refractivity contribution in [2.75, 3.05) is 18.1 Å². The number of hydrogen-bond acceptors (Lipinski definition) is 3. The summed E-state index contributed by atoms with van der Waals surface area (Å²) in [5.74, 6) is 1.87. The fourth-order valence-corrected chi connectivity index (χ4v) is 3.33. The molecule has 0 spiro atoms. The SMILES string of the molecule is O=C(O)CCCCCCCCCCCSCCCCCO. The highest BCUT2D eigenvalue weighted by atomic mass is 32.2. The van der Waals surface area contributed by atoms with Gasteiger partial charge in [-0.15, -0.1) is 0 Å². The monoisotopic (exact) mass is 318 g/mol. The maximum absolute atomic E-state index is 10.3. The summed E-state index contributed by atoms with van der Waals surface area (Å²) in [7, 11) is 0. The van der Waals surface area contributed by atoms with E-state index in [1.54, 1.807) is 0 Å². The lowest BCUT2D eigenvalue weighted by molar-refractivity contribution is -0.137. The Balaban J connectivity index is 2.95. The Bertz CT molecular complexity index is 222. The Hall–Kier alpha value is -0.220. The lowest BCUT2D eigenvalue weighted by atomic mass is 10.1. The van der Waals surface area contributed by atoms with E-state index >= 15 is 0 Å². The topological polar surface area (TPSA) is 57.5 Å². The van der Waals surface area contributed by atoms with Gasteiger partial charge in [0.25, 0.3) is 0 Å². The number of hydrogen-bond donors (Lipinski definition) is 2. The third-order valence-corrected chi connectivity index (χ3v) is 4.78. The number of rotatable bonds is 17. The van der Waals surface area contributed by atoms with Gasteiger partial charge in [-0.3, -0.25) is 4.79 Å². The zero-order chi connectivity index (χ0) is 15.6. The number of aliphatic carboxylic acids is 1. The second-order valence-electron chi connectivity index (χ2n) is 5.72. The number of thioether (sulfide) groups is 1. The molecular formula is C17H34O3S. The van der Waals surface area contributed by atoms with Crippen LogP contribution in [0.1, 0.15) is 83.5 Å². The number of carboxylic acid groups (broad SMARTS) is 1. The van der Waals surface area contributed by atoms with Gasteiger partial charge in [-0.25, -0.2) is 0 Å². The molecule has 0 saturated heterocycles. The first-order chi connectivity index (χ1) is 10.3. The van der Waals surface area contributed by atoms with E-state index in [-0.39, 0.29) is 0 Å². The van der Waals surface area contributed by atoms with Crippen LogP contribution in [-0.2, 0) is 4.79 Å². The van der Waals surface area contributed by atoms with Crippen molar-refractivity contribution in [3.63, 3.8) is 0 Å². The van der Waals surface area contributed by atoms with E-state index in [0.29, 0.717) is 13.0 Å². The molecular weight excluding hydrogens is 284 g/mol. The fraction of sp³-hybridized carbons (Fsp3) is 0.941. The molecule has 0 amide bonds. The van der Waals surface area contributed by atoms with Crippen molar-refractivity contribution in [1.82, 2.24) is 0 Å².